The highest BCUT2D eigenvalue weighted by Crippen LogP contribution is 2.64. The third-order valence-corrected chi connectivity index (χ3v) is 6.54. The average Bonchev–Trinajstić information content (AvgIpc) is 3.23. The zero-order valence-corrected chi connectivity index (χ0v) is 14.5. The Morgan fingerprint density at radius 2 is 1.79 bits per heavy atom. The summed E-state index contributed by atoms with van der Waals surface area (Å²) in [5.41, 5.74) is 0.474. The first-order valence-electron chi connectivity index (χ1n) is 9.14. The van der Waals surface area contributed by atoms with Crippen LogP contribution in [-0.2, 0) is 19.1 Å². The average molecular weight is 332 g/mol. The number of fused-ring (bicyclic) bond motifs is 5. The third kappa shape index (κ3) is 3.15. The summed E-state index contributed by atoms with van der Waals surface area (Å²) in [5, 5.41) is 0. The maximum absolute atomic E-state index is 11.7. The predicted molar refractivity (Wildman–Crippen MR) is 91.0 cm³/mol. The van der Waals surface area contributed by atoms with Crippen molar-refractivity contribution in [2.45, 2.75) is 39.0 Å². The molecule has 6 atom stereocenters. The Kier molecular flexibility index (Phi) is 5.12. The zero-order valence-electron chi connectivity index (χ0n) is 14.5. The lowest BCUT2D eigenvalue weighted by Crippen LogP contribution is -2.24. The molecule has 0 aromatic heterocycles. The summed E-state index contributed by atoms with van der Waals surface area (Å²) in [6.45, 7) is 9.82. The zero-order chi connectivity index (χ0) is 17.3. The Hall–Kier alpha value is -1.58. The highest BCUT2D eigenvalue weighted by Gasteiger charge is 2.58. The first kappa shape index (κ1) is 17.2. The molecular weight excluding hydrogens is 304 g/mol. The van der Waals surface area contributed by atoms with Crippen LogP contribution in [0.15, 0.2) is 24.8 Å². The van der Waals surface area contributed by atoms with E-state index in [9.17, 15) is 9.59 Å². The van der Waals surface area contributed by atoms with Gasteiger partial charge in [-0.1, -0.05) is 13.2 Å². The van der Waals surface area contributed by atoms with E-state index in [-0.39, 0.29) is 11.9 Å². The van der Waals surface area contributed by atoms with E-state index >= 15 is 0 Å². The molecule has 3 aliphatic rings. The van der Waals surface area contributed by atoms with Crippen LogP contribution < -0.4 is 0 Å². The molecule has 6 unspecified atom stereocenters. The van der Waals surface area contributed by atoms with Crippen LogP contribution in [0.1, 0.15) is 39.0 Å². The second-order valence-electron chi connectivity index (χ2n) is 7.69. The summed E-state index contributed by atoms with van der Waals surface area (Å²) in [5.74, 6) is 3.43. The van der Waals surface area contributed by atoms with Crippen LogP contribution in [-0.4, -0.2) is 25.2 Å². The lowest BCUT2D eigenvalue weighted by molar-refractivity contribution is -0.141. The number of ether oxygens (including phenoxy) is 2. The van der Waals surface area contributed by atoms with Crippen LogP contribution in [0.5, 0.6) is 0 Å². The van der Waals surface area contributed by atoms with Crippen molar-refractivity contribution in [3.8, 4) is 0 Å². The van der Waals surface area contributed by atoms with Gasteiger partial charge in [-0.2, -0.15) is 0 Å². The molecule has 0 N–H and O–H groups in total. The van der Waals surface area contributed by atoms with Gasteiger partial charge < -0.3 is 9.47 Å². The minimum atomic E-state index is -0.331. The molecule has 24 heavy (non-hydrogen) atoms. The van der Waals surface area contributed by atoms with Gasteiger partial charge in [-0.25, -0.2) is 9.59 Å². The molecule has 3 fully saturated rings. The molecule has 4 heteroatoms. The van der Waals surface area contributed by atoms with Gasteiger partial charge in [0.15, 0.2) is 0 Å². The second kappa shape index (κ2) is 7.12. The summed E-state index contributed by atoms with van der Waals surface area (Å²) < 4.78 is 10.7. The van der Waals surface area contributed by atoms with Crippen molar-refractivity contribution in [1.82, 2.24) is 0 Å². The van der Waals surface area contributed by atoms with E-state index in [0.717, 1.165) is 18.3 Å². The smallest absolute Gasteiger partial charge is 0.333 e. The maximum atomic E-state index is 11.7. The lowest BCUT2D eigenvalue weighted by Gasteiger charge is -2.29. The Morgan fingerprint density at radius 3 is 2.50 bits per heavy atom. The van der Waals surface area contributed by atoms with Crippen molar-refractivity contribution in [2.24, 2.45) is 35.5 Å². The Labute approximate surface area is 144 Å². The fraction of sp³-hybridized carbons (Fsp3) is 0.700. The van der Waals surface area contributed by atoms with E-state index in [2.05, 4.69) is 13.2 Å². The summed E-state index contributed by atoms with van der Waals surface area (Å²) >= 11 is 0. The standard InChI is InChI=1S/C20H28O4/c1-4-18(21)23-10-9-13-5-6-15-14-7-8-16(19(13)15)17(14)11-24-20(22)12(2)3/h4,13-17,19H,1-2,5-11H2,3H3. The molecule has 0 aliphatic heterocycles. The maximum Gasteiger partial charge on any atom is 0.333 e. The normalized spacial score (nSPS) is 36.2. The number of esters is 2. The van der Waals surface area contributed by atoms with Gasteiger partial charge in [0.05, 0.1) is 13.2 Å². The third-order valence-electron chi connectivity index (χ3n) is 6.54. The Balaban J connectivity index is 1.56. The van der Waals surface area contributed by atoms with Crippen LogP contribution in [0.4, 0.5) is 0 Å². The first-order chi connectivity index (χ1) is 11.5. The van der Waals surface area contributed by atoms with Gasteiger partial charge in [-0.15, -0.1) is 0 Å². The van der Waals surface area contributed by atoms with E-state index in [1.165, 1.54) is 31.8 Å². The molecule has 0 radical (unpaired) electrons. The van der Waals surface area contributed by atoms with Crippen LogP contribution in [0.25, 0.3) is 0 Å². The highest BCUT2D eigenvalue weighted by atomic mass is 16.5. The van der Waals surface area contributed by atoms with E-state index in [1.54, 1.807) is 6.92 Å². The van der Waals surface area contributed by atoms with E-state index in [4.69, 9.17) is 9.47 Å². The van der Waals surface area contributed by atoms with Gasteiger partial charge in [-0.3, -0.25) is 0 Å². The number of hydrogen-bond donors (Lipinski definition) is 0. The molecule has 4 nitrogen and oxygen atoms in total. The summed E-state index contributed by atoms with van der Waals surface area (Å²) in [4.78, 5) is 22.9. The molecule has 3 saturated carbocycles. The van der Waals surface area contributed by atoms with Crippen molar-refractivity contribution in [1.29, 1.82) is 0 Å². The van der Waals surface area contributed by atoms with E-state index < -0.39 is 0 Å². The first-order valence-corrected chi connectivity index (χ1v) is 9.14. The minimum Gasteiger partial charge on any atom is -0.463 e. The second-order valence-corrected chi connectivity index (χ2v) is 7.69. The largest absolute Gasteiger partial charge is 0.463 e. The minimum absolute atomic E-state index is 0.264. The number of hydrogen-bond acceptors (Lipinski definition) is 4. The highest BCUT2D eigenvalue weighted by molar-refractivity contribution is 5.86. The molecule has 0 aromatic carbocycles. The van der Waals surface area contributed by atoms with Gasteiger partial charge in [0.2, 0.25) is 0 Å². The summed E-state index contributed by atoms with van der Waals surface area (Å²) in [6.07, 6.45) is 7.22. The van der Waals surface area contributed by atoms with Crippen LogP contribution in [0, 0.1) is 35.5 Å². The molecule has 3 aliphatic carbocycles. The number of carbonyl (C=O) groups is 2. The van der Waals surface area contributed by atoms with Gasteiger partial charge in [-0.05, 0) is 74.5 Å². The molecule has 132 valence electrons. The summed E-state index contributed by atoms with van der Waals surface area (Å²) in [7, 11) is 0. The molecule has 0 saturated heterocycles. The van der Waals surface area contributed by atoms with E-state index in [0.29, 0.717) is 42.5 Å². The Bertz CT molecular complexity index is 538. The molecular formula is C20H28O4. The Morgan fingerprint density at radius 1 is 1.08 bits per heavy atom. The van der Waals surface area contributed by atoms with Crippen molar-refractivity contribution >= 4 is 11.9 Å². The quantitative estimate of drug-likeness (QED) is 0.529. The van der Waals surface area contributed by atoms with Gasteiger partial charge >= 0.3 is 11.9 Å². The molecule has 0 spiro atoms. The van der Waals surface area contributed by atoms with Crippen molar-refractivity contribution < 1.29 is 19.1 Å². The lowest BCUT2D eigenvalue weighted by atomic mass is 9.77. The topological polar surface area (TPSA) is 52.6 Å². The molecule has 0 heterocycles. The summed E-state index contributed by atoms with van der Waals surface area (Å²) in [6, 6.07) is 0. The van der Waals surface area contributed by atoms with Gasteiger partial charge in [0, 0.05) is 11.6 Å². The molecule has 3 rings (SSSR count). The van der Waals surface area contributed by atoms with Crippen molar-refractivity contribution in [3.05, 3.63) is 24.8 Å². The molecule has 2 bridgehead atoms. The molecule has 0 aromatic rings. The van der Waals surface area contributed by atoms with Crippen molar-refractivity contribution in [3.63, 3.8) is 0 Å². The van der Waals surface area contributed by atoms with Crippen molar-refractivity contribution in [2.75, 3.05) is 13.2 Å². The molecule has 0 amide bonds. The number of rotatable bonds is 7. The number of carbonyl (C=O) groups excluding carboxylic acids is 2. The fourth-order valence-corrected chi connectivity index (χ4v) is 5.70. The SMILES string of the molecule is C=CC(=O)OCCC1CCC2C3CCC(C3COC(=O)C(=C)C)C12. The van der Waals surface area contributed by atoms with Gasteiger partial charge in [0.1, 0.15) is 0 Å². The monoisotopic (exact) mass is 332 g/mol. The van der Waals surface area contributed by atoms with Crippen LogP contribution in [0.2, 0.25) is 0 Å². The van der Waals surface area contributed by atoms with Crippen LogP contribution >= 0.6 is 0 Å². The fourth-order valence-electron chi connectivity index (χ4n) is 5.70. The van der Waals surface area contributed by atoms with Crippen LogP contribution in [0.3, 0.4) is 0 Å². The predicted octanol–water partition coefficient (Wildman–Crippen LogP) is 3.52. The van der Waals surface area contributed by atoms with E-state index in [1.807, 2.05) is 0 Å². The van der Waals surface area contributed by atoms with Gasteiger partial charge in [0.25, 0.3) is 0 Å².